The topological polar surface area (TPSA) is 51.2 Å². The normalized spacial score (nSPS) is 10.3. The third-order valence-corrected chi connectivity index (χ3v) is 3.66. The second-order valence-corrected chi connectivity index (χ2v) is 5.20. The van der Waals surface area contributed by atoms with Crippen LogP contribution in [0.2, 0.25) is 10.0 Å². The van der Waals surface area contributed by atoms with Gasteiger partial charge in [-0.3, -0.25) is 9.78 Å². The van der Waals surface area contributed by atoms with Crippen molar-refractivity contribution in [3.05, 3.63) is 51.8 Å². The van der Waals surface area contributed by atoms with E-state index in [1.807, 2.05) is 18.2 Å². The first-order chi connectivity index (χ1) is 9.99. The van der Waals surface area contributed by atoms with E-state index in [1.54, 1.807) is 26.0 Å². The third kappa shape index (κ3) is 3.86. The van der Waals surface area contributed by atoms with Gasteiger partial charge in [-0.15, -0.1) is 0 Å². The predicted molar refractivity (Wildman–Crippen MR) is 84.3 cm³/mol. The second-order valence-electron chi connectivity index (χ2n) is 4.44. The number of amides is 1. The second kappa shape index (κ2) is 6.78. The maximum Gasteiger partial charge on any atom is 0.262 e. The average molecular weight is 325 g/mol. The summed E-state index contributed by atoms with van der Waals surface area (Å²) in [6.07, 6.45) is 0. The van der Waals surface area contributed by atoms with Crippen molar-refractivity contribution in [2.75, 3.05) is 11.9 Å². The molecule has 1 aromatic carbocycles. The van der Waals surface area contributed by atoms with Gasteiger partial charge in [0.1, 0.15) is 10.0 Å². The molecule has 0 radical (unpaired) electrons. The molecule has 6 heteroatoms. The van der Waals surface area contributed by atoms with Gasteiger partial charge in [0.05, 0.1) is 11.4 Å². The van der Waals surface area contributed by atoms with Crippen molar-refractivity contribution in [3.8, 4) is 5.75 Å². The minimum atomic E-state index is -0.291. The van der Waals surface area contributed by atoms with E-state index in [9.17, 15) is 4.79 Å². The first-order valence-electron chi connectivity index (χ1n) is 6.29. The number of nitrogens with zero attached hydrogens (tertiary/aromatic N) is 1. The van der Waals surface area contributed by atoms with Gasteiger partial charge >= 0.3 is 0 Å². The van der Waals surface area contributed by atoms with E-state index in [2.05, 4.69) is 10.3 Å². The molecule has 0 atom stereocenters. The molecule has 1 heterocycles. The minimum absolute atomic E-state index is 0.183. The lowest BCUT2D eigenvalue weighted by atomic mass is 10.3. The van der Waals surface area contributed by atoms with Crippen LogP contribution in [-0.2, 0) is 4.79 Å². The molecule has 110 valence electrons. The molecule has 0 aliphatic heterocycles. The van der Waals surface area contributed by atoms with Crippen LogP contribution < -0.4 is 10.1 Å². The van der Waals surface area contributed by atoms with Gasteiger partial charge in [-0.1, -0.05) is 41.4 Å². The van der Waals surface area contributed by atoms with Crippen LogP contribution in [0.3, 0.4) is 0 Å². The summed E-state index contributed by atoms with van der Waals surface area (Å²) in [5, 5.41) is 3.35. The Bertz CT molecular complexity index is 634. The van der Waals surface area contributed by atoms with Crippen LogP contribution in [0.25, 0.3) is 0 Å². The molecule has 1 N–H and O–H groups in total. The zero-order chi connectivity index (χ0) is 15.4. The maximum absolute atomic E-state index is 11.8. The van der Waals surface area contributed by atoms with Crippen LogP contribution in [0.15, 0.2) is 30.3 Å². The van der Waals surface area contributed by atoms with Gasteiger partial charge in [-0.25, -0.2) is 0 Å². The molecule has 1 aromatic heterocycles. The first kappa shape index (κ1) is 15.6. The van der Waals surface area contributed by atoms with E-state index >= 15 is 0 Å². The Morgan fingerprint density at radius 3 is 2.29 bits per heavy atom. The standard InChI is InChI=1S/C15H14Cl2N2O2/c1-9-13(16)15(14(17)10(2)18-9)21-8-12(20)19-11-6-4-3-5-7-11/h3-7H,8H2,1-2H3,(H,19,20). The molecule has 0 bridgehead atoms. The molecule has 0 saturated carbocycles. The molecule has 4 nitrogen and oxygen atoms in total. The molecule has 1 amide bonds. The minimum Gasteiger partial charge on any atom is -0.480 e. The van der Waals surface area contributed by atoms with Crippen LogP contribution in [0, 0.1) is 13.8 Å². The third-order valence-electron chi connectivity index (χ3n) is 2.77. The van der Waals surface area contributed by atoms with E-state index in [0.717, 1.165) is 0 Å². The van der Waals surface area contributed by atoms with Crippen LogP contribution >= 0.6 is 23.2 Å². The van der Waals surface area contributed by atoms with E-state index in [1.165, 1.54) is 0 Å². The smallest absolute Gasteiger partial charge is 0.262 e. The Morgan fingerprint density at radius 1 is 1.14 bits per heavy atom. The molecule has 2 aromatic rings. The van der Waals surface area contributed by atoms with E-state index < -0.39 is 0 Å². The number of ether oxygens (including phenoxy) is 1. The number of pyridine rings is 1. The number of hydrogen-bond acceptors (Lipinski definition) is 3. The largest absolute Gasteiger partial charge is 0.480 e. The molecule has 2 rings (SSSR count). The number of nitrogens with one attached hydrogen (secondary N) is 1. The van der Waals surface area contributed by atoms with Crippen molar-refractivity contribution in [1.82, 2.24) is 4.98 Å². The summed E-state index contributed by atoms with van der Waals surface area (Å²) < 4.78 is 5.45. The number of anilines is 1. The Balaban J connectivity index is 2.05. The van der Waals surface area contributed by atoms with E-state index in [4.69, 9.17) is 27.9 Å². The van der Waals surface area contributed by atoms with E-state index in [0.29, 0.717) is 27.1 Å². The van der Waals surface area contributed by atoms with Crippen molar-refractivity contribution >= 4 is 34.8 Å². The van der Waals surface area contributed by atoms with Crippen LogP contribution in [0.1, 0.15) is 11.4 Å². The molecule has 21 heavy (non-hydrogen) atoms. The Hall–Kier alpha value is -1.78. The lowest BCUT2D eigenvalue weighted by molar-refractivity contribution is -0.118. The number of aromatic nitrogens is 1. The summed E-state index contributed by atoms with van der Waals surface area (Å²) in [5.74, 6) is -0.00741. The number of halogens is 2. The summed E-state index contributed by atoms with van der Waals surface area (Å²) in [6, 6.07) is 9.12. The highest BCUT2D eigenvalue weighted by Gasteiger charge is 2.15. The summed E-state index contributed by atoms with van der Waals surface area (Å²) in [7, 11) is 0. The number of benzene rings is 1. The van der Waals surface area contributed by atoms with Gasteiger partial charge in [0, 0.05) is 5.69 Å². The molecule has 0 unspecified atom stereocenters. The molecule has 0 aliphatic carbocycles. The number of carbonyl (C=O) groups excluding carboxylic acids is 1. The SMILES string of the molecule is Cc1nc(C)c(Cl)c(OCC(=O)Nc2ccccc2)c1Cl. The van der Waals surface area contributed by atoms with Crippen molar-refractivity contribution in [1.29, 1.82) is 0 Å². The Kier molecular flexibility index (Phi) is 5.04. The van der Waals surface area contributed by atoms with Gasteiger partial charge in [-0.2, -0.15) is 0 Å². The highest BCUT2D eigenvalue weighted by atomic mass is 35.5. The number of hydrogen-bond donors (Lipinski definition) is 1. The number of aryl methyl sites for hydroxylation is 2. The van der Waals surface area contributed by atoms with Crippen molar-refractivity contribution in [3.63, 3.8) is 0 Å². The zero-order valence-electron chi connectivity index (χ0n) is 11.6. The van der Waals surface area contributed by atoms with Gasteiger partial charge in [0.25, 0.3) is 5.91 Å². The van der Waals surface area contributed by atoms with E-state index in [-0.39, 0.29) is 18.3 Å². The predicted octanol–water partition coefficient (Wildman–Crippen LogP) is 4.02. The fourth-order valence-electron chi connectivity index (χ4n) is 1.76. The summed E-state index contributed by atoms with van der Waals surface area (Å²) in [5.41, 5.74) is 1.92. The Morgan fingerprint density at radius 2 is 1.71 bits per heavy atom. The van der Waals surface area contributed by atoms with Gasteiger partial charge < -0.3 is 10.1 Å². The zero-order valence-corrected chi connectivity index (χ0v) is 13.1. The molecule has 0 fully saturated rings. The highest BCUT2D eigenvalue weighted by Crippen LogP contribution is 2.36. The quantitative estimate of drug-likeness (QED) is 0.923. The molecule has 0 saturated heterocycles. The Labute approximate surface area is 133 Å². The van der Waals surface area contributed by atoms with Crippen molar-refractivity contribution < 1.29 is 9.53 Å². The lowest BCUT2D eigenvalue weighted by Gasteiger charge is -2.13. The van der Waals surface area contributed by atoms with Crippen molar-refractivity contribution in [2.45, 2.75) is 13.8 Å². The van der Waals surface area contributed by atoms with Gasteiger partial charge in [-0.05, 0) is 26.0 Å². The van der Waals surface area contributed by atoms with Gasteiger partial charge in [0.2, 0.25) is 0 Å². The molecular formula is C15H14Cl2N2O2. The fourth-order valence-corrected chi connectivity index (χ4v) is 2.19. The average Bonchev–Trinajstić information content (AvgIpc) is 2.46. The monoisotopic (exact) mass is 324 g/mol. The molecule has 0 spiro atoms. The highest BCUT2D eigenvalue weighted by molar-refractivity contribution is 6.37. The number of rotatable bonds is 4. The molecular weight excluding hydrogens is 311 g/mol. The first-order valence-corrected chi connectivity index (χ1v) is 7.04. The number of para-hydroxylation sites is 1. The number of carbonyl (C=O) groups is 1. The summed E-state index contributed by atoms with van der Waals surface area (Å²) in [4.78, 5) is 16.0. The molecule has 0 aliphatic rings. The fraction of sp³-hybridized carbons (Fsp3) is 0.200. The lowest BCUT2D eigenvalue weighted by Crippen LogP contribution is -2.20. The maximum atomic E-state index is 11.8. The van der Waals surface area contributed by atoms with Crippen LogP contribution in [0.5, 0.6) is 5.75 Å². The summed E-state index contributed by atoms with van der Waals surface area (Å²) in [6.45, 7) is 3.32. The van der Waals surface area contributed by atoms with Crippen LogP contribution in [-0.4, -0.2) is 17.5 Å². The van der Waals surface area contributed by atoms with Gasteiger partial charge in [0.15, 0.2) is 12.4 Å². The van der Waals surface area contributed by atoms with Crippen LogP contribution in [0.4, 0.5) is 5.69 Å². The summed E-state index contributed by atoms with van der Waals surface area (Å²) >= 11 is 12.2. The van der Waals surface area contributed by atoms with Crippen molar-refractivity contribution in [2.24, 2.45) is 0 Å².